The van der Waals surface area contributed by atoms with E-state index in [-0.39, 0.29) is 0 Å². The number of aromatic nitrogens is 1. The molecule has 0 saturated heterocycles. The average Bonchev–Trinajstić information content (AvgIpc) is 2.89. The Kier molecular flexibility index (Phi) is 4.86. The molecule has 1 N–H and O–H groups in total. The number of hydrogen-bond acceptors (Lipinski definition) is 3. The molecule has 1 heterocycles. The zero-order valence-electron chi connectivity index (χ0n) is 10.4. The lowest BCUT2D eigenvalue weighted by molar-refractivity contribution is 0.169. The van der Waals surface area contributed by atoms with Crippen LogP contribution in [-0.2, 0) is 0 Å². The van der Waals surface area contributed by atoms with E-state index in [1.807, 2.05) is 30.9 Å². The second kappa shape index (κ2) is 6.41. The maximum Gasteiger partial charge on any atom is 0.0957 e. The quantitative estimate of drug-likeness (QED) is 0.808. The van der Waals surface area contributed by atoms with Crippen LogP contribution >= 0.6 is 11.8 Å². The van der Waals surface area contributed by atoms with Gasteiger partial charge in [-0.15, -0.1) is 11.8 Å². The van der Waals surface area contributed by atoms with Gasteiger partial charge in [0.2, 0.25) is 0 Å². The molecule has 1 aromatic heterocycles. The molecule has 1 atom stereocenters. The summed E-state index contributed by atoms with van der Waals surface area (Å²) in [5.74, 6) is 2.12. The number of aliphatic hydroxyl groups excluding tert-OH is 1. The number of pyridine rings is 1. The molecule has 94 valence electrons. The van der Waals surface area contributed by atoms with Gasteiger partial charge in [0.25, 0.3) is 0 Å². The molecule has 1 aliphatic carbocycles. The van der Waals surface area contributed by atoms with Crippen molar-refractivity contribution in [2.24, 2.45) is 5.92 Å². The molecule has 0 spiro atoms. The summed E-state index contributed by atoms with van der Waals surface area (Å²) in [6.45, 7) is 1.97. The molecule has 1 aromatic rings. The van der Waals surface area contributed by atoms with Gasteiger partial charge in [0.05, 0.1) is 11.8 Å². The van der Waals surface area contributed by atoms with Crippen molar-refractivity contribution in [3.8, 4) is 0 Å². The molecule has 1 saturated carbocycles. The van der Waals surface area contributed by atoms with Crippen LogP contribution in [0.25, 0.3) is 0 Å². The summed E-state index contributed by atoms with van der Waals surface area (Å²) in [4.78, 5) is 5.55. The van der Waals surface area contributed by atoms with Crippen molar-refractivity contribution in [3.05, 3.63) is 24.0 Å². The molecule has 17 heavy (non-hydrogen) atoms. The van der Waals surface area contributed by atoms with Gasteiger partial charge >= 0.3 is 0 Å². The number of hydrogen-bond donors (Lipinski definition) is 1. The van der Waals surface area contributed by atoms with Gasteiger partial charge < -0.3 is 5.11 Å². The first-order valence-corrected chi connectivity index (χ1v) is 7.55. The van der Waals surface area contributed by atoms with E-state index >= 15 is 0 Å². The van der Waals surface area contributed by atoms with Crippen LogP contribution < -0.4 is 0 Å². The number of rotatable bonds is 5. The summed E-state index contributed by atoms with van der Waals surface area (Å²) in [6, 6.07) is 4.03. The van der Waals surface area contributed by atoms with Crippen molar-refractivity contribution < 1.29 is 5.11 Å². The van der Waals surface area contributed by atoms with Crippen molar-refractivity contribution in [1.82, 2.24) is 4.98 Å². The van der Waals surface area contributed by atoms with E-state index in [4.69, 9.17) is 0 Å². The fraction of sp³-hybridized carbons (Fsp3) is 0.643. The summed E-state index contributed by atoms with van der Waals surface area (Å²) < 4.78 is 0. The molecule has 2 nitrogen and oxygen atoms in total. The zero-order chi connectivity index (χ0) is 12.1. The molecule has 1 aliphatic rings. The Bertz CT molecular complexity index is 333. The van der Waals surface area contributed by atoms with Crippen LogP contribution in [0.15, 0.2) is 23.2 Å². The zero-order valence-corrected chi connectivity index (χ0v) is 11.2. The fourth-order valence-electron chi connectivity index (χ4n) is 2.27. The van der Waals surface area contributed by atoms with Gasteiger partial charge in [0.15, 0.2) is 0 Å². The minimum Gasteiger partial charge on any atom is -0.387 e. The van der Waals surface area contributed by atoms with E-state index < -0.39 is 6.10 Å². The normalized spacial score (nSPS) is 18.5. The monoisotopic (exact) mass is 251 g/mol. The van der Waals surface area contributed by atoms with E-state index in [1.54, 1.807) is 0 Å². The van der Waals surface area contributed by atoms with Crippen LogP contribution in [0.4, 0.5) is 0 Å². The standard InChI is InChI=1S/C14H21NOS/c1-2-14(16)13-8-7-12(9-15-13)17-10-11-5-3-4-6-11/h7-9,11,14,16H,2-6,10H2,1H3/t14-/m1/s1. The highest BCUT2D eigenvalue weighted by atomic mass is 32.2. The summed E-state index contributed by atoms with van der Waals surface area (Å²) >= 11 is 1.90. The second-order valence-corrected chi connectivity index (χ2v) is 5.90. The van der Waals surface area contributed by atoms with Gasteiger partial charge in [0.1, 0.15) is 0 Å². The lowest BCUT2D eigenvalue weighted by atomic mass is 10.1. The maximum absolute atomic E-state index is 9.65. The first-order valence-electron chi connectivity index (χ1n) is 6.56. The predicted octanol–water partition coefficient (Wildman–Crippen LogP) is 3.81. The molecule has 3 heteroatoms. The summed E-state index contributed by atoms with van der Waals surface area (Å²) in [5, 5.41) is 9.65. The summed E-state index contributed by atoms with van der Waals surface area (Å²) in [5.41, 5.74) is 0.790. The molecule has 0 amide bonds. The van der Waals surface area contributed by atoms with Gasteiger partial charge in [-0.2, -0.15) is 0 Å². The highest BCUT2D eigenvalue weighted by Gasteiger charge is 2.15. The molecule has 0 aromatic carbocycles. The third-order valence-electron chi connectivity index (χ3n) is 3.45. The van der Waals surface area contributed by atoms with Crippen molar-refractivity contribution in [2.75, 3.05) is 5.75 Å². The van der Waals surface area contributed by atoms with Crippen molar-refractivity contribution in [2.45, 2.75) is 50.0 Å². The Labute approximate surface area is 108 Å². The van der Waals surface area contributed by atoms with Gasteiger partial charge in [-0.3, -0.25) is 4.98 Å². The van der Waals surface area contributed by atoms with E-state index in [0.717, 1.165) is 18.0 Å². The van der Waals surface area contributed by atoms with Crippen LogP contribution in [0.2, 0.25) is 0 Å². The van der Waals surface area contributed by atoms with Gasteiger partial charge in [-0.25, -0.2) is 0 Å². The van der Waals surface area contributed by atoms with Gasteiger partial charge in [0, 0.05) is 16.8 Å². The van der Waals surface area contributed by atoms with Crippen LogP contribution in [0.5, 0.6) is 0 Å². The first kappa shape index (κ1) is 12.9. The molecule has 0 aliphatic heterocycles. The van der Waals surface area contributed by atoms with Crippen molar-refractivity contribution in [3.63, 3.8) is 0 Å². The Balaban J connectivity index is 1.84. The lowest BCUT2D eigenvalue weighted by Gasteiger charge is -2.10. The molecular weight excluding hydrogens is 230 g/mol. The molecule has 1 fully saturated rings. The Hall–Kier alpha value is -0.540. The maximum atomic E-state index is 9.65. The number of thioether (sulfide) groups is 1. The smallest absolute Gasteiger partial charge is 0.0957 e. The molecule has 2 rings (SSSR count). The van der Waals surface area contributed by atoms with E-state index in [1.165, 1.54) is 36.3 Å². The van der Waals surface area contributed by atoms with Crippen molar-refractivity contribution >= 4 is 11.8 Å². The lowest BCUT2D eigenvalue weighted by Crippen LogP contribution is -1.99. The van der Waals surface area contributed by atoms with Crippen molar-refractivity contribution in [1.29, 1.82) is 0 Å². The first-order chi connectivity index (χ1) is 8.29. The van der Waals surface area contributed by atoms with E-state index in [0.29, 0.717) is 0 Å². The van der Waals surface area contributed by atoms with Gasteiger partial charge in [-0.05, 0) is 37.3 Å². The highest BCUT2D eigenvalue weighted by Crippen LogP contribution is 2.30. The Morgan fingerprint density at radius 3 is 2.76 bits per heavy atom. The number of aliphatic hydroxyl groups is 1. The van der Waals surface area contributed by atoms with Crippen LogP contribution in [0.1, 0.15) is 50.8 Å². The highest BCUT2D eigenvalue weighted by molar-refractivity contribution is 7.99. The molecule has 0 unspecified atom stereocenters. The minimum absolute atomic E-state index is 0.413. The topological polar surface area (TPSA) is 33.1 Å². The second-order valence-electron chi connectivity index (χ2n) is 4.80. The SMILES string of the molecule is CC[C@@H](O)c1ccc(SCC2CCCC2)cn1. The summed E-state index contributed by atoms with van der Waals surface area (Å²) in [7, 11) is 0. The predicted molar refractivity (Wildman–Crippen MR) is 72.2 cm³/mol. The summed E-state index contributed by atoms with van der Waals surface area (Å²) in [6.07, 6.45) is 7.81. The Morgan fingerprint density at radius 2 is 2.18 bits per heavy atom. The minimum atomic E-state index is -0.413. The molecular formula is C14H21NOS. The average molecular weight is 251 g/mol. The molecule has 0 radical (unpaired) electrons. The van der Waals surface area contributed by atoms with E-state index in [2.05, 4.69) is 11.1 Å². The van der Waals surface area contributed by atoms with Crippen LogP contribution in [0, 0.1) is 5.92 Å². The third-order valence-corrected chi connectivity index (χ3v) is 4.66. The van der Waals surface area contributed by atoms with Crippen LogP contribution in [0.3, 0.4) is 0 Å². The van der Waals surface area contributed by atoms with Gasteiger partial charge in [-0.1, -0.05) is 19.8 Å². The third kappa shape index (κ3) is 3.71. The van der Waals surface area contributed by atoms with Crippen LogP contribution in [-0.4, -0.2) is 15.8 Å². The molecule has 0 bridgehead atoms. The fourth-order valence-corrected chi connectivity index (χ4v) is 3.33. The Morgan fingerprint density at radius 1 is 1.41 bits per heavy atom. The van der Waals surface area contributed by atoms with E-state index in [9.17, 15) is 5.11 Å². The number of nitrogens with zero attached hydrogens (tertiary/aromatic N) is 1. The largest absolute Gasteiger partial charge is 0.387 e.